The van der Waals surface area contributed by atoms with Crippen molar-refractivity contribution < 1.29 is 4.42 Å². The van der Waals surface area contributed by atoms with E-state index in [2.05, 4.69) is 115 Å². The van der Waals surface area contributed by atoms with Crippen LogP contribution in [0.3, 0.4) is 0 Å². The van der Waals surface area contributed by atoms with Crippen molar-refractivity contribution in [3.63, 3.8) is 0 Å². The molecule has 236 valence electrons. The average Bonchev–Trinajstić information content (AvgIpc) is 3.75. The molecule has 0 unspecified atom stereocenters. The van der Waals surface area contributed by atoms with Crippen molar-refractivity contribution in [1.82, 2.24) is 19.9 Å². The second-order valence-corrected chi connectivity index (χ2v) is 13.0. The van der Waals surface area contributed by atoms with Gasteiger partial charge in [0.15, 0.2) is 17.5 Å². The molecule has 0 radical (unpaired) electrons. The fourth-order valence-corrected chi connectivity index (χ4v) is 7.79. The van der Waals surface area contributed by atoms with Crippen LogP contribution in [0.5, 0.6) is 0 Å². The van der Waals surface area contributed by atoms with Gasteiger partial charge in [0.25, 0.3) is 0 Å². The SMILES string of the molecule is c1cc(-c2nc(-c3ccc4ccccc4c3)nc(-c3cccc4oc5ccccc5c34)n2)cc(-c2ccc3c4c(cccc24)-c2ncccc2-3)c1. The Morgan fingerprint density at radius 3 is 2.00 bits per heavy atom. The zero-order valence-corrected chi connectivity index (χ0v) is 27.2. The molecule has 0 saturated carbocycles. The predicted octanol–water partition coefficient (Wildman–Crippen LogP) is 11.8. The van der Waals surface area contributed by atoms with Crippen molar-refractivity contribution in [2.24, 2.45) is 0 Å². The highest BCUT2D eigenvalue weighted by Crippen LogP contribution is 2.48. The Morgan fingerprint density at radius 2 is 1.06 bits per heavy atom. The van der Waals surface area contributed by atoms with E-state index in [0.29, 0.717) is 17.5 Å². The molecule has 0 atom stereocenters. The lowest BCUT2D eigenvalue weighted by Gasteiger charge is -2.12. The number of hydrogen-bond donors (Lipinski definition) is 0. The van der Waals surface area contributed by atoms with E-state index in [1.807, 2.05) is 42.6 Å². The van der Waals surface area contributed by atoms with Crippen molar-refractivity contribution in [3.05, 3.63) is 158 Å². The maximum absolute atomic E-state index is 6.26. The van der Waals surface area contributed by atoms with Crippen molar-refractivity contribution in [1.29, 1.82) is 0 Å². The van der Waals surface area contributed by atoms with Gasteiger partial charge in [-0.3, -0.25) is 4.98 Å². The number of hydrogen-bond acceptors (Lipinski definition) is 5. The molecule has 0 aliphatic heterocycles. The summed E-state index contributed by atoms with van der Waals surface area (Å²) in [6, 6.07) is 52.6. The summed E-state index contributed by atoms with van der Waals surface area (Å²) in [5, 5.41) is 6.77. The first-order valence-electron chi connectivity index (χ1n) is 17.0. The molecule has 5 nitrogen and oxygen atoms in total. The summed E-state index contributed by atoms with van der Waals surface area (Å²) in [6.07, 6.45) is 1.87. The number of benzene rings is 7. The maximum Gasteiger partial charge on any atom is 0.164 e. The number of furan rings is 1. The molecule has 3 aromatic heterocycles. The van der Waals surface area contributed by atoms with Gasteiger partial charge < -0.3 is 4.42 Å². The van der Waals surface area contributed by atoms with E-state index in [-0.39, 0.29) is 0 Å². The van der Waals surface area contributed by atoms with Crippen LogP contribution in [-0.2, 0) is 0 Å². The van der Waals surface area contributed by atoms with E-state index in [1.165, 1.54) is 32.8 Å². The summed E-state index contributed by atoms with van der Waals surface area (Å²) >= 11 is 0. The first-order valence-corrected chi connectivity index (χ1v) is 17.0. The van der Waals surface area contributed by atoms with E-state index in [1.54, 1.807) is 0 Å². The normalized spacial score (nSPS) is 11.9. The van der Waals surface area contributed by atoms with Gasteiger partial charge in [-0.05, 0) is 68.6 Å². The predicted molar refractivity (Wildman–Crippen MR) is 206 cm³/mol. The molecule has 7 aromatic carbocycles. The van der Waals surface area contributed by atoms with Gasteiger partial charge in [0.1, 0.15) is 11.2 Å². The quantitative estimate of drug-likeness (QED) is 0.190. The standard InChI is InChI=1S/C46H26N4O/c1-2-10-28-25-31(21-20-27(28)9-1)45-48-44(49-46(50-45)38-16-7-19-40-42(38)36-13-3-4-18-39(36)51-40)30-12-5-11-29(26-30)32-22-23-34-35-17-8-24-47-43(35)37-15-6-14-33(32)41(34)37/h1-26H. The molecule has 0 amide bonds. The Bertz CT molecular complexity index is 3020. The number of para-hydroxylation sites is 1. The number of pyridine rings is 1. The summed E-state index contributed by atoms with van der Waals surface area (Å²) in [5.41, 5.74) is 11.3. The molecule has 10 aromatic rings. The minimum Gasteiger partial charge on any atom is -0.456 e. The van der Waals surface area contributed by atoms with Crippen molar-refractivity contribution in [2.45, 2.75) is 0 Å². The van der Waals surface area contributed by atoms with Crippen molar-refractivity contribution in [2.75, 3.05) is 0 Å². The van der Waals surface area contributed by atoms with Crippen LogP contribution in [0.15, 0.2) is 162 Å². The molecule has 0 fully saturated rings. The molecule has 3 heterocycles. The van der Waals surface area contributed by atoms with Gasteiger partial charge in [0, 0.05) is 44.8 Å². The first-order chi connectivity index (χ1) is 25.3. The summed E-state index contributed by atoms with van der Waals surface area (Å²) in [6.45, 7) is 0. The molecule has 11 rings (SSSR count). The second-order valence-electron chi connectivity index (χ2n) is 13.0. The summed E-state index contributed by atoms with van der Waals surface area (Å²) in [5.74, 6) is 1.82. The lowest BCUT2D eigenvalue weighted by atomic mass is 9.93. The molecule has 5 heteroatoms. The van der Waals surface area contributed by atoms with E-state index < -0.39 is 0 Å². The zero-order valence-electron chi connectivity index (χ0n) is 27.2. The molecule has 1 aliphatic carbocycles. The van der Waals surface area contributed by atoms with E-state index in [9.17, 15) is 0 Å². The van der Waals surface area contributed by atoms with Crippen LogP contribution < -0.4 is 0 Å². The zero-order chi connectivity index (χ0) is 33.5. The van der Waals surface area contributed by atoms with E-state index >= 15 is 0 Å². The maximum atomic E-state index is 6.26. The molecular formula is C46H26N4O. The highest BCUT2D eigenvalue weighted by molar-refractivity contribution is 6.18. The largest absolute Gasteiger partial charge is 0.456 e. The smallest absolute Gasteiger partial charge is 0.164 e. The number of rotatable bonds is 4. The third-order valence-corrected chi connectivity index (χ3v) is 10.1. The Labute approximate surface area is 292 Å². The lowest BCUT2D eigenvalue weighted by molar-refractivity contribution is 0.669. The molecule has 51 heavy (non-hydrogen) atoms. The minimum atomic E-state index is 0.598. The molecule has 0 bridgehead atoms. The van der Waals surface area contributed by atoms with Crippen molar-refractivity contribution in [3.8, 4) is 67.7 Å². The number of aromatic nitrogens is 4. The highest BCUT2D eigenvalue weighted by atomic mass is 16.3. The van der Waals surface area contributed by atoms with Gasteiger partial charge in [-0.1, -0.05) is 121 Å². The minimum absolute atomic E-state index is 0.598. The summed E-state index contributed by atoms with van der Waals surface area (Å²) in [7, 11) is 0. The Balaban J connectivity index is 1.12. The molecule has 0 saturated heterocycles. The van der Waals surface area contributed by atoms with Crippen LogP contribution in [0.4, 0.5) is 0 Å². The van der Waals surface area contributed by atoms with Crippen LogP contribution in [0.1, 0.15) is 0 Å². The van der Waals surface area contributed by atoms with E-state index in [4.69, 9.17) is 24.4 Å². The van der Waals surface area contributed by atoms with Gasteiger partial charge in [-0.15, -0.1) is 0 Å². The molecule has 1 aliphatic rings. The Morgan fingerprint density at radius 1 is 0.373 bits per heavy atom. The van der Waals surface area contributed by atoms with Crippen LogP contribution in [0.2, 0.25) is 0 Å². The second kappa shape index (κ2) is 10.8. The lowest BCUT2D eigenvalue weighted by Crippen LogP contribution is -2.00. The fraction of sp³-hybridized carbons (Fsp3) is 0. The van der Waals surface area contributed by atoms with Gasteiger partial charge >= 0.3 is 0 Å². The Kier molecular flexibility index (Phi) is 5.89. The monoisotopic (exact) mass is 650 g/mol. The average molecular weight is 651 g/mol. The molecule has 0 N–H and O–H groups in total. The summed E-state index contributed by atoms with van der Waals surface area (Å²) < 4.78 is 6.26. The fourth-order valence-electron chi connectivity index (χ4n) is 7.79. The van der Waals surface area contributed by atoms with Crippen LogP contribution in [0, 0.1) is 0 Å². The summed E-state index contributed by atoms with van der Waals surface area (Å²) in [4.78, 5) is 20.2. The van der Waals surface area contributed by atoms with Crippen molar-refractivity contribution >= 4 is 43.5 Å². The number of nitrogens with zero attached hydrogens (tertiary/aromatic N) is 4. The van der Waals surface area contributed by atoms with Crippen LogP contribution >= 0.6 is 0 Å². The van der Waals surface area contributed by atoms with Crippen LogP contribution in [-0.4, -0.2) is 19.9 Å². The first kappa shape index (κ1) is 27.9. The topological polar surface area (TPSA) is 64.7 Å². The van der Waals surface area contributed by atoms with Gasteiger partial charge in [-0.2, -0.15) is 0 Å². The number of fused-ring (bicyclic) bond motifs is 7. The van der Waals surface area contributed by atoms with Gasteiger partial charge in [-0.25, -0.2) is 15.0 Å². The third kappa shape index (κ3) is 4.28. The molecular weight excluding hydrogens is 625 g/mol. The highest BCUT2D eigenvalue weighted by Gasteiger charge is 2.24. The molecule has 0 spiro atoms. The van der Waals surface area contributed by atoms with Gasteiger partial charge in [0.05, 0.1) is 5.69 Å². The van der Waals surface area contributed by atoms with Gasteiger partial charge in [0.2, 0.25) is 0 Å². The Hall–Kier alpha value is -6.98. The third-order valence-electron chi connectivity index (χ3n) is 10.1. The van der Waals surface area contributed by atoms with Crippen LogP contribution in [0.25, 0.3) is 111 Å². The van der Waals surface area contributed by atoms with E-state index in [0.717, 1.165) is 60.8 Å².